The molecule has 0 N–H and O–H groups in total. The first-order valence-corrected chi connectivity index (χ1v) is 5.37. The lowest BCUT2D eigenvalue weighted by Crippen LogP contribution is -2.16. The van der Waals surface area contributed by atoms with Crippen molar-refractivity contribution >= 4 is 5.88 Å². The van der Waals surface area contributed by atoms with Crippen molar-refractivity contribution in [2.75, 3.05) is 11.9 Å². The zero-order chi connectivity index (χ0) is 13.2. The number of furan rings is 1. The van der Waals surface area contributed by atoms with Crippen molar-refractivity contribution < 1.29 is 17.6 Å². The summed E-state index contributed by atoms with van der Waals surface area (Å²) in [6, 6.07) is 8.78. The summed E-state index contributed by atoms with van der Waals surface area (Å²) in [6.07, 6.45) is -2.78. The molecule has 18 heavy (non-hydrogen) atoms. The van der Waals surface area contributed by atoms with Crippen molar-refractivity contribution in [1.29, 1.82) is 0 Å². The lowest BCUT2D eigenvalue weighted by atomic mass is 10.1. The summed E-state index contributed by atoms with van der Waals surface area (Å²) < 4.78 is 42.8. The van der Waals surface area contributed by atoms with Crippen molar-refractivity contribution in [1.82, 2.24) is 0 Å². The highest BCUT2D eigenvalue weighted by molar-refractivity contribution is 5.36. The zero-order valence-corrected chi connectivity index (χ0v) is 9.74. The third-order valence-corrected chi connectivity index (χ3v) is 2.56. The highest BCUT2D eigenvalue weighted by Gasteiger charge is 2.30. The summed E-state index contributed by atoms with van der Waals surface area (Å²) in [4.78, 5) is 1.75. The Balaban J connectivity index is 2.15. The maximum atomic E-state index is 12.5. The van der Waals surface area contributed by atoms with Crippen molar-refractivity contribution in [2.45, 2.75) is 12.7 Å². The second kappa shape index (κ2) is 4.76. The molecule has 0 saturated heterocycles. The third-order valence-electron chi connectivity index (χ3n) is 2.56. The second-order valence-corrected chi connectivity index (χ2v) is 4.01. The van der Waals surface area contributed by atoms with Gasteiger partial charge in [-0.05, 0) is 23.8 Å². The predicted octanol–water partition coefficient (Wildman–Crippen LogP) is 3.93. The van der Waals surface area contributed by atoms with E-state index in [0.29, 0.717) is 18.0 Å². The van der Waals surface area contributed by atoms with Crippen molar-refractivity contribution in [2.24, 2.45) is 0 Å². The first kappa shape index (κ1) is 12.5. The van der Waals surface area contributed by atoms with Crippen LogP contribution in [-0.2, 0) is 12.7 Å². The lowest BCUT2D eigenvalue weighted by Gasteiger charge is -2.16. The molecule has 0 unspecified atom stereocenters. The average Bonchev–Trinajstić information content (AvgIpc) is 2.81. The van der Waals surface area contributed by atoms with Crippen LogP contribution in [0.15, 0.2) is 47.1 Å². The molecule has 2 rings (SSSR count). The van der Waals surface area contributed by atoms with Gasteiger partial charge in [-0.25, -0.2) is 0 Å². The number of nitrogens with zero attached hydrogens (tertiary/aromatic N) is 1. The molecule has 96 valence electrons. The standard InChI is InChI=1S/C13H12F3NO/c1-17(12-6-3-7-18-12)9-10-4-2-5-11(8-10)13(14,15)16/h2-8H,9H2,1H3. The molecule has 5 heteroatoms. The SMILES string of the molecule is CN(Cc1cccc(C(F)(F)F)c1)c1ccco1. The Hall–Kier alpha value is -1.91. The quantitative estimate of drug-likeness (QED) is 0.826. The highest BCUT2D eigenvalue weighted by atomic mass is 19.4. The topological polar surface area (TPSA) is 16.4 Å². The average molecular weight is 255 g/mol. The molecule has 0 aliphatic rings. The van der Waals surface area contributed by atoms with E-state index in [1.165, 1.54) is 12.3 Å². The summed E-state index contributed by atoms with van der Waals surface area (Å²) in [5.41, 5.74) is -0.0448. The summed E-state index contributed by atoms with van der Waals surface area (Å²) in [5.74, 6) is 0.618. The number of benzene rings is 1. The molecule has 0 amide bonds. The van der Waals surface area contributed by atoms with E-state index < -0.39 is 11.7 Å². The minimum atomic E-state index is -4.31. The van der Waals surface area contributed by atoms with Crippen LogP contribution in [0.5, 0.6) is 0 Å². The minimum Gasteiger partial charge on any atom is -0.449 e. The molecule has 1 aromatic carbocycles. The largest absolute Gasteiger partial charge is 0.449 e. The molecule has 1 aromatic heterocycles. The number of rotatable bonds is 3. The Kier molecular flexibility index (Phi) is 3.32. The van der Waals surface area contributed by atoms with E-state index in [1.54, 1.807) is 30.1 Å². The molecule has 0 saturated carbocycles. The van der Waals surface area contributed by atoms with Crippen molar-refractivity contribution in [3.8, 4) is 0 Å². The fraction of sp³-hybridized carbons (Fsp3) is 0.231. The summed E-state index contributed by atoms with van der Waals surface area (Å²) >= 11 is 0. The van der Waals surface area contributed by atoms with E-state index in [1.807, 2.05) is 0 Å². The maximum Gasteiger partial charge on any atom is 0.416 e. The van der Waals surface area contributed by atoms with Crippen LogP contribution in [0.4, 0.5) is 19.1 Å². The molecule has 2 aromatic rings. The highest BCUT2D eigenvalue weighted by Crippen LogP contribution is 2.30. The lowest BCUT2D eigenvalue weighted by molar-refractivity contribution is -0.137. The molecule has 0 aliphatic heterocycles. The number of hydrogen-bond donors (Lipinski definition) is 0. The fourth-order valence-electron chi connectivity index (χ4n) is 1.68. The van der Waals surface area contributed by atoms with E-state index in [9.17, 15) is 13.2 Å². The van der Waals surface area contributed by atoms with Gasteiger partial charge in [-0.3, -0.25) is 0 Å². The van der Waals surface area contributed by atoms with E-state index in [2.05, 4.69) is 0 Å². The summed E-state index contributed by atoms with van der Waals surface area (Å²) in [7, 11) is 1.76. The minimum absolute atomic E-state index is 0.359. The van der Waals surface area contributed by atoms with Crippen LogP contribution in [0.2, 0.25) is 0 Å². The monoisotopic (exact) mass is 255 g/mol. The maximum absolute atomic E-state index is 12.5. The molecule has 0 atom stereocenters. The van der Waals surface area contributed by atoms with E-state index in [4.69, 9.17) is 4.42 Å². The van der Waals surface area contributed by atoms with E-state index in [0.717, 1.165) is 12.1 Å². The second-order valence-electron chi connectivity index (χ2n) is 4.01. The molecular weight excluding hydrogens is 243 g/mol. The van der Waals surface area contributed by atoms with Gasteiger partial charge in [-0.15, -0.1) is 0 Å². The van der Waals surface area contributed by atoms with Gasteiger partial charge in [-0.1, -0.05) is 12.1 Å². The van der Waals surface area contributed by atoms with Gasteiger partial charge in [0.2, 0.25) is 0 Å². The molecule has 0 aliphatic carbocycles. The van der Waals surface area contributed by atoms with Gasteiger partial charge in [0.15, 0.2) is 5.88 Å². The first-order valence-electron chi connectivity index (χ1n) is 5.37. The van der Waals surface area contributed by atoms with E-state index >= 15 is 0 Å². The number of alkyl halides is 3. The molecule has 0 spiro atoms. The van der Waals surface area contributed by atoms with Crippen LogP contribution in [0, 0.1) is 0 Å². The number of anilines is 1. The summed E-state index contributed by atoms with van der Waals surface area (Å²) in [6.45, 7) is 0.359. The third kappa shape index (κ3) is 2.85. The Bertz CT molecular complexity index is 505. The van der Waals surface area contributed by atoms with Gasteiger partial charge in [0, 0.05) is 19.7 Å². The normalized spacial score (nSPS) is 11.6. The van der Waals surface area contributed by atoms with Crippen LogP contribution in [0.1, 0.15) is 11.1 Å². The first-order chi connectivity index (χ1) is 8.47. The van der Waals surface area contributed by atoms with Crippen molar-refractivity contribution in [3.05, 3.63) is 53.8 Å². The van der Waals surface area contributed by atoms with Gasteiger partial charge in [-0.2, -0.15) is 13.2 Å². The van der Waals surface area contributed by atoms with Gasteiger partial charge >= 0.3 is 6.18 Å². The molecule has 0 bridgehead atoms. The fourth-order valence-corrected chi connectivity index (χ4v) is 1.68. The van der Waals surface area contributed by atoms with Gasteiger partial charge < -0.3 is 9.32 Å². The molecular formula is C13H12F3NO. The smallest absolute Gasteiger partial charge is 0.416 e. The van der Waals surface area contributed by atoms with Crippen LogP contribution < -0.4 is 4.90 Å². The predicted molar refractivity (Wildman–Crippen MR) is 62.3 cm³/mol. The Morgan fingerprint density at radius 3 is 2.56 bits per heavy atom. The molecule has 1 heterocycles. The zero-order valence-electron chi connectivity index (χ0n) is 9.74. The Labute approximate surface area is 103 Å². The summed E-state index contributed by atoms with van der Waals surface area (Å²) in [5, 5.41) is 0. The van der Waals surface area contributed by atoms with Crippen LogP contribution in [-0.4, -0.2) is 7.05 Å². The van der Waals surface area contributed by atoms with Crippen LogP contribution >= 0.6 is 0 Å². The van der Waals surface area contributed by atoms with Gasteiger partial charge in [0.05, 0.1) is 11.8 Å². The van der Waals surface area contributed by atoms with E-state index in [-0.39, 0.29) is 0 Å². The van der Waals surface area contributed by atoms with Crippen molar-refractivity contribution in [3.63, 3.8) is 0 Å². The molecule has 0 fully saturated rings. The Morgan fingerprint density at radius 2 is 1.94 bits per heavy atom. The van der Waals surface area contributed by atoms with Gasteiger partial charge in [0.1, 0.15) is 0 Å². The number of halogens is 3. The number of hydrogen-bond acceptors (Lipinski definition) is 2. The van der Waals surface area contributed by atoms with Gasteiger partial charge in [0.25, 0.3) is 0 Å². The Morgan fingerprint density at radius 1 is 1.17 bits per heavy atom. The molecule has 2 nitrogen and oxygen atoms in total. The van der Waals surface area contributed by atoms with Crippen LogP contribution in [0.25, 0.3) is 0 Å². The molecule has 0 radical (unpaired) electrons. The van der Waals surface area contributed by atoms with Crippen LogP contribution in [0.3, 0.4) is 0 Å².